The number of nitrogens with one attached hydrogen (secondary N) is 1. The number of hydrogen-bond donors (Lipinski definition) is 1. The van der Waals surface area contributed by atoms with Crippen molar-refractivity contribution < 1.29 is 0 Å². The molecule has 1 aliphatic rings. The van der Waals surface area contributed by atoms with Gasteiger partial charge in [-0.3, -0.25) is 0 Å². The normalized spacial score (nSPS) is 19.9. The van der Waals surface area contributed by atoms with Crippen molar-refractivity contribution >= 4 is 29.1 Å². The molecule has 1 aliphatic heterocycles. The van der Waals surface area contributed by atoms with E-state index >= 15 is 0 Å². The molecule has 1 aromatic rings. The number of nitriles is 1. The van der Waals surface area contributed by atoms with Gasteiger partial charge < -0.3 is 5.32 Å². The molecular formula is C11H11ClN2S. The van der Waals surface area contributed by atoms with E-state index in [1.165, 1.54) is 12.2 Å². The summed E-state index contributed by atoms with van der Waals surface area (Å²) in [6.07, 6.45) is 1.18. The number of thioether (sulfide) groups is 1. The molecule has 1 aromatic carbocycles. The van der Waals surface area contributed by atoms with Gasteiger partial charge in [0.1, 0.15) is 0 Å². The van der Waals surface area contributed by atoms with Gasteiger partial charge in [-0.15, -0.1) is 0 Å². The standard InChI is InChI=1S/C11H11ClN2S/c12-10-5-8(6-13)1-2-11(10)14-9-3-4-15-7-9/h1-2,5,9,14H,3-4,7H2. The minimum Gasteiger partial charge on any atom is -0.380 e. The van der Waals surface area contributed by atoms with Gasteiger partial charge in [0.25, 0.3) is 0 Å². The molecule has 0 amide bonds. The molecule has 1 saturated heterocycles. The lowest BCUT2D eigenvalue weighted by Gasteiger charge is -2.14. The third-order valence-corrected chi connectivity index (χ3v) is 3.86. The SMILES string of the molecule is N#Cc1ccc(NC2CCSC2)c(Cl)c1. The Morgan fingerprint density at radius 2 is 2.40 bits per heavy atom. The predicted molar refractivity (Wildman–Crippen MR) is 65.5 cm³/mol. The number of rotatable bonds is 2. The highest BCUT2D eigenvalue weighted by Gasteiger charge is 2.15. The highest BCUT2D eigenvalue weighted by molar-refractivity contribution is 7.99. The van der Waals surface area contributed by atoms with Gasteiger partial charge >= 0.3 is 0 Å². The smallest absolute Gasteiger partial charge is 0.0992 e. The van der Waals surface area contributed by atoms with Crippen molar-refractivity contribution in [3.8, 4) is 6.07 Å². The number of nitrogens with zero attached hydrogens (tertiary/aromatic N) is 1. The lowest BCUT2D eigenvalue weighted by atomic mass is 10.2. The largest absolute Gasteiger partial charge is 0.380 e. The van der Waals surface area contributed by atoms with Gasteiger partial charge in [0.15, 0.2) is 0 Å². The van der Waals surface area contributed by atoms with Gasteiger partial charge in [-0.2, -0.15) is 17.0 Å². The van der Waals surface area contributed by atoms with Crippen LogP contribution in [0.3, 0.4) is 0 Å². The van der Waals surface area contributed by atoms with Crippen molar-refractivity contribution in [2.24, 2.45) is 0 Å². The molecule has 0 aromatic heterocycles. The Bertz CT molecular complexity index is 394. The number of halogens is 1. The van der Waals surface area contributed by atoms with Crippen LogP contribution in [0.25, 0.3) is 0 Å². The van der Waals surface area contributed by atoms with Crippen LogP contribution in [0, 0.1) is 11.3 Å². The average Bonchev–Trinajstić information content (AvgIpc) is 2.74. The van der Waals surface area contributed by atoms with E-state index in [0.717, 1.165) is 11.4 Å². The van der Waals surface area contributed by atoms with E-state index in [4.69, 9.17) is 16.9 Å². The van der Waals surface area contributed by atoms with Gasteiger partial charge in [-0.1, -0.05) is 11.6 Å². The summed E-state index contributed by atoms with van der Waals surface area (Å²) < 4.78 is 0. The van der Waals surface area contributed by atoms with E-state index in [9.17, 15) is 0 Å². The Kier molecular flexibility index (Phi) is 3.40. The highest BCUT2D eigenvalue weighted by Crippen LogP contribution is 2.27. The third-order valence-electron chi connectivity index (χ3n) is 2.39. The molecule has 0 radical (unpaired) electrons. The summed E-state index contributed by atoms with van der Waals surface area (Å²) in [7, 11) is 0. The van der Waals surface area contributed by atoms with Crippen molar-refractivity contribution in [2.75, 3.05) is 16.8 Å². The number of benzene rings is 1. The maximum atomic E-state index is 8.70. The molecule has 1 heterocycles. The molecule has 2 rings (SSSR count). The first kappa shape index (κ1) is 10.7. The van der Waals surface area contributed by atoms with Crippen LogP contribution in [0.5, 0.6) is 0 Å². The minimum absolute atomic E-state index is 0.514. The third kappa shape index (κ3) is 2.58. The molecule has 0 aliphatic carbocycles. The van der Waals surface area contributed by atoms with E-state index in [0.29, 0.717) is 16.6 Å². The molecule has 4 heteroatoms. The first-order valence-electron chi connectivity index (χ1n) is 4.83. The van der Waals surface area contributed by atoms with Crippen molar-refractivity contribution in [1.82, 2.24) is 0 Å². The van der Waals surface area contributed by atoms with Crippen molar-refractivity contribution in [1.29, 1.82) is 5.26 Å². The van der Waals surface area contributed by atoms with Gasteiger partial charge in [0.05, 0.1) is 22.3 Å². The molecule has 0 saturated carbocycles. The topological polar surface area (TPSA) is 35.8 Å². The quantitative estimate of drug-likeness (QED) is 0.860. The molecular weight excluding hydrogens is 228 g/mol. The van der Waals surface area contributed by atoms with E-state index < -0.39 is 0 Å². The molecule has 0 bridgehead atoms. The lowest BCUT2D eigenvalue weighted by Crippen LogP contribution is -2.18. The second-order valence-electron chi connectivity index (χ2n) is 3.51. The molecule has 1 fully saturated rings. The maximum Gasteiger partial charge on any atom is 0.0992 e. The first-order chi connectivity index (χ1) is 7.29. The Hall–Kier alpha value is -0.850. The highest BCUT2D eigenvalue weighted by atomic mass is 35.5. The maximum absolute atomic E-state index is 8.70. The minimum atomic E-state index is 0.514. The Morgan fingerprint density at radius 1 is 1.53 bits per heavy atom. The summed E-state index contributed by atoms with van der Waals surface area (Å²) in [4.78, 5) is 0. The lowest BCUT2D eigenvalue weighted by molar-refractivity contribution is 0.813. The van der Waals surface area contributed by atoms with Crippen LogP contribution in [0.2, 0.25) is 5.02 Å². The molecule has 0 spiro atoms. The Balaban J connectivity index is 2.11. The van der Waals surface area contributed by atoms with Crippen LogP contribution in [-0.4, -0.2) is 17.5 Å². The van der Waals surface area contributed by atoms with Gasteiger partial charge in [0, 0.05) is 11.8 Å². The summed E-state index contributed by atoms with van der Waals surface area (Å²) in [5.74, 6) is 2.35. The Labute approximate surface area is 98.6 Å². The zero-order valence-corrected chi connectivity index (χ0v) is 9.74. The first-order valence-corrected chi connectivity index (χ1v) is 6.37. The summed E-state index contributed by atoms with van der Waals surface area (Å²) in [6, 6.07) is 7.95. The monoisotopic (exact) mass is 238 g/mol. The van der Waals surface area contributed by atoms with Gasteiger partial charge in [0.2, 0.25) is 0 Å². The second-order valence-corrected chi connectivity index (χ2v) is 5.07. The molecule has 15 heavy (non-hydrogen) atoms. The van der Waals surface area contributed by atoms with Gasteiger partial charge in [-0.05, 0) is 30.4 Å². The summed E-state index contributed by atoms with van der Waals surface area (Å²) >= 11 is 8.02. The summed E-state index contributed by atoms with van der Waals surface area (Å²) in [5.41, 5.74) is 1.54. The van der Waals surface area contributed by atoms with Crippen LogP contribution >= 0.6 is 23.4 Å². The number of hydrogen-bond acceptors (Lipinski definition) is 3. The van der Waals surface area contributed by atoms with Crippen LogP contribution in [0.15, 0.2) is 18.2 Å². The van der Waals surface area contributed by atoms with Crippen molar-refractivity contribution in [3.63, 3.8) is 0 Å². The molecule has 1 unspecified atom stereocenters. The van der Waals surface area contributed by atoms with Crippen molar-refractivity contribution in [3.05, 3.63) is 28.8 Å². The molecule has 2 nitrogen and oxygen atoms in total. The predicted octanol–water partition coefficient (Wildman–Crippen LogP) is 3.13. The average molecular weight is 239 g/mol. The van der Waals surface area contributed by atoms with E-state index in [-0.39, 0.29) is 0 Å². The zero-order valence-electron chi connectivity index (χ0n) is 8.16. The van der Waals surface area contributed by atoms with E-state index in [2.05, 4.69) is 11.4 Å². The van der Waals surface area contributed by atoms with Gasteiger partial charge in [-0.25, -0.2) is 0 Å². The Morgan fingerprint density at radius 3 is 3.00 bits per heavy atom. The van der Waals surface area contributed by atoms with E-state index in [1.807, 2.05) is 17.8 Å². The van der Waals surface area contributed by atoms with Crippen LogP contribution in [0.4, 0.5) is 5.69 Å². The summed E-state index contributed by atoms with van der Waals surface area (Å²) in [5, 5.41) is 12.7. The van der Waals surface area contributed by atoms with Crippen LogP contribution < -0.4 is 5.32 Å². The fourth-order valence-electron chi connectivity index (χ4n) is 1.57. The molecule has 1 atom stereocenters. The van der Waals surface area contributed by atoms with Crippen LogP contribution in [0.1, 0.15) is 12.0 Å². The fourth-order valence-corrected chi connectivity index (χ4v) is 2.96. The van der Waals surface area contributed by atoms with E-state index in [1.54, 1.807) is 12.1 Å². The van der Waals surface area contributed by atoms with Crippen LogP contribution in [-0.2, 0) is 0 Å². The molecule has 1 N–H and O–H groups in total. The number of anilines is 1. The zero-order chi connectivity index (χ0) is 10.7. The summed E-state index contributed by atoms with van der Waals surface area (Å²) in [6.45, 7) is 0. The van der Waals surface area contributed by atoms with Crippen molar-refractivity contribution in [2.45, 2.75) is 12.5 Å². The fraction of sp³-hybridized carbons (Fsp3) is 0.364. The molecule has 78 valence electrons. The second kappa shape index (κ2) is 4.78.